The van der Waals surface area contributed by atoms with Crippen molar-refractivity contribution in [1.29, 1.82) is 0 Å². The number of hydrogen-bond donors (Lipinski definition) is 1. The Morgan fingerprint density at radius 1 is 1.40 bits per heavy atom. The van der Waals surface area contributed by atoms with Gasteiger partial charge < -0.3 is 5.32 Å². The van der Waals surface area contributed by atoms with Crippen molar-refractivity contribution < 1.29 is 4.92 Å². The highest BCUT2D eigenvalue weighted by Crippen LogP contribution is 2.26. The monoisotopic (exact) mass is 292 g/mol. The summed E-state index contributed by atoms with van der Waals surface area (Å²) >= 11 is 1.45. The van der Waals surface area contributed by atoms with Gasteiger partial charge in [-0.2, -0.15) is 0 Å². The standard InChI is InChI=1S/C13H16N4O2S/c1-9(2)7-14-8-12-15-16-13(20-12)10-4-3-5-11(6-10)17(18)19/h3-6,9,14H,7-8H2,1-2H3. The van der Waals surface area contributed by atoms with E-state index in [1.807, 2.05) is 0 Å². The lowest BCUT2D eigenvalue weighted by molar-refractivity contribution is -0.384. The number of nitrogens with zero attached hydrogens (tertiary/aromatic N) is 3. The maximum Gasteiger partial charge on any atom is 0.270 e. The van der Waals surface area contributed by atoms with Gasteiger partial charge in [-0.1, -0.05) is 37.3 Å². The molecule has 7 heteroatoms. The lowest BCUT2D eigenvalue weighted by Crippen LogP contribution is -2.18. The number of rotatable bonds is 6. The maximum absolute atomic E-state index is 10.8. The third-order valence-corrected chi connectivity index (χ3v) is 3.57. The number of nitro groups is 1. The summed E-state index contributed by atoms with van der Waals surface area (Å²) in [4.78, 5) is 10.4. The van der Waals surface area contributed by atoms with Gasteiger partial charge >= 0.3 is 0 Å². The molecule has 2 aromatic rings. The van der Waals surface area contributed by atoms with Gasteiger partial charge in [0, 0.05) is 24.2 Å². The second-order valence-electron chi connectivity index (χ2n) is 4.83. The predicted molar refractivity (Wildman–Crippen MR) is 78.5 cm³/mol. The van der Waals surface area contributed by atoms with Gasteiger partial charge in [0.15, 0.2) is 0 Å². The molecule has 2 rings (SSSR count). The van der Waals surface area contributed by atoms with Crippen LogP contribution in [-0.4, -0.2) is 21.7 Å². The molecule has 0 radical (unpaired) electrons. The highest BCUT2D eigenvalue weighted by Gasteiger charge is 2.11. The summed E-state index contributed by atoms with van der Waals surface area (Å²) in [6, 6.07) is 6.45. The Balaban J connectivity index is 2.08. The molecule has 0 unspecified atom stereocenters. The minimum absolute atomic E-state index is 0.0668. The van der Waals surface area contributed by atoms with Crippen molar-refractivity contribution in [3.05, 3.63) is 39.4 Å². The zero-order valence-corrected chi connectivity index (χ0v) is 12.2. The molecule has 1 N–H and O–H groups in total. The van der Waals surface area contributed by atoms with Crippen LogP contribution in [0.2, 0.25) is 0 Å². The maximum atomic E-state index is 10.8. The molecule has 0 saturated heterocycles. The Kier molecular flexibility index (Phi) is 4.75. The van der Waals surface area contributed by atoms with Crippen molar-refractivity contribution in [2.75, 3.05) is 6.54 Å². The van der Waals surface area contributed by atoms with E-state index in [-0.39, 0.29) is 5.69 Å². The van der Waals surface area contributed by atoms with Crippen LogP contribution in [0, 0.1) is 16.0 Å². The molecule has 0 saturated carbocycles. The lowest BCUT2D eigenvalue weighted by atomic mass is 10.2. The van der Waals surface area contributed by atoms with Gasteiger partial charge in [0.25, 0.3) is 5.69 Å². The number of aromatic nitrogens is 2. The summed E-state index contributed by atoms with van der Waals surface area (Å²) in [5.41, 5.74) is 0.795. The summed E-state index contributed by atoms with van der Waals surface area (Å²) in [5, 5.41) is 23.8. The minimum atomic E-state index is -0.407. The Labute approximate surface area is 121 Å². The highest BCUT2D eigenvalue weighted by atomic mass is 32.1. The summed E-state index contributed by atoms with van der Waals surface area (Å²) < 4.78 is 0. The van der Waals surface area contributed by atoms with E-state index in [1.54, 1.807) is 12.1 Å². The van der Waals surface area contributed by atoms with Gasteiger partial charge in [-0.05, 0) is 12.5 Å². The first-order chi connectivity index (χ1) is 9.56. The van der Waals surface area contributed by atoms with Gasteiger partial charge in [-0.15, -0.1) is 10.2 Å². The van der Waals surface area contributed by atoms with Crippen LogP contribution in [0.1, 0.15) is 18.9 Å². The number of nitro benzene ring substituents is 1. The van der Waals surface area contributed by atoms with Gasteiger partial charge in [0.05, 0.1) is 4.92 Å². The summed E-state index contributed by atoms with van der Waals surface area (Å²) in [7, 11) is 0. The molecule has 1 aromatic heterocycles. The molecule has 0 aliphatic rings. The van der Waals surface area contributed by atoms with Crippen LogP contribution in [0.25, 0.3) is 10.6 Å². The van der Waals surface area contributed by atoms with E-state index in [0.717, 1.165) is 17.1 Å². The number of benzene rings is 1. The van der Waals surface area contributed by atoms with Crippen LogP contribution in [0.4, 0.5) is 5.69 Å². The van der Waals surface area contributed by atoms with Crippen LogP contribution >= 0.6 is 11.3 Å². The smallest absolute Gasteiger partial charge is 0.270 e. The van der Waals surface area contributed by atoms with Crippen LogP contribution in [-0.2, 0) is 6.54 Å². The topological polar surface area (TPSA) is 81.0 Å². The summed E-state index contributed by atoms with van der Waals surface area (Å²) in [5.74, 6) is 0.583. The second-order valence-corrected chi connectivity index (χ2v) is 5.90. The molecule has 1 aromatic carbocycles. The van der Waals surface area contributed by atoms with Gasteiger partial charge in [-0.3, -0.25) is 10.1 Å². The summed E-state index contributed by atoms with van der Waals surface area (Å²) in [6.07, 6.45) is 0. The highest BCUT2D eigenvalue weighted by molar-refractivity contribution is 7.14. The van der Waals surface area contributed by atoms with Gasteiger partial charge in [-0.25, -0.2) is 0 Å². The SMILES string of the molecule is CC(C)CNCc1nnc(-c2cccc([N+](=O)[O-])c2)s1. The fraction of sp³-hybridized carbons (Fsp3) is 0.385. The third-order valence-electron chi connectivity index (χ3n) is 2.60. The zero-order valence-electron chi connectivity index (χ0n) is 11.4. The zero-order chi connectivity index (χ0) is 14.5. The Morgan fingerprint density at radius 3 is 2.90 bits per heavy atom. The summed E-state index contributed by atoms with van der Waals surface area (Å²) in [6.45, 7) is 5.87. The molecule has 0 aliphatic carbocycles. The van der Waals surface area contributed by atoms with E-state index in [1.165, 1.54) is 23.5 Å². The molecule has 1 heterocycles. The van der Waals surface area contributed by atoms with Gasteiger partial charge in [0.2, 0.25) is 0 Å². The fourth-order valence-electron chi connectivity index (χ4n) is 1.66. The average Bonchev–Trinajstić information content (AvgIpc) is 2.87. The van der Waals surface area contributed by atoms with Crippen LogP contribution in [0.3, 0.4) is 0 Å². The number of nitrogens with one attached hydrogen (secondary N) is 1. The molecule has 0 aliphatic heterocycles. The Bertz CT molecular complexity index is 598. The molecule has 0 spiro atoms. The first-order valence-electron chi connectivity index (χ1n) is 6.34. The molecule has 20 heavy (non-hydrogen) atoms. The van der Waals surface area contributed by atoms with E-state index in [4.69, 9.17) is 0 Å². The van der Waals surface area contributed by atoms with Crippen LogP contribution < -0.4 is 5.32 Å². The van der Waals surface area contributed by atoms with Crippen LogP contribution in [0.15, 0.2) is 24.3 Å². The molecule has 0 amide bonds. The second kappa shape index (κ2) is 6.53. The molecule has 0 atom stereocenters. The average molecular weight is 292 g/mol. The van der Waals surface area contributed by atoms with Crippen molar-refractivity contribution in [3.63, 3.8) is 0 Å². The van der Waals surface area contributed by atoms with E-state index in [9.17, 15) is 10.1 Å². The van der Waals surface area contributed by atoms with Crippen LogP contribution in [0.5, 0.6) is 0 Å². The van der Waals surface area contributed by atoms with E-state index in [2.05, 4.69) is 29.4 Å². The van der Waals surface area contributed by atoms with E-state index in [0.29, 0.717) is 17.5 Å². The first kappa shape index (κ1) is 14.5. The molecule has 106 valence electrons. The quantitative estimate of drug-likeness (QED) is 0.654. The number of non-ortho nitro benzene ring substituents is 1. The predicted octanol–water partition coefficient (Wildman–Crippen LogP) is 2.86. The Morgan fingerprint density at radius 2 is 2.20 bits per heavy atom. The van der Waals surface area contributed by atoms with E-state index >= 15 is 0 Å². The first-order valence-corrected chi connectivity index (χ1v) is 7.16. The number of hydrogen-bond acceptors (Lipinski definition) is 6. The normalized spacial score (nSPS) is 10.9. The van der Waals surface area contributed by atoms with Crippen molar-refractivity contribution in [2.45, 2.75) is 20.4 Å². The largest absolute Gasteiger partial charge is 0.310 e. The van der Waals surface area contributed by atoms with Crippen molar-refractivity contribution in [1.82, 2.24) is 15.5 Å². The van der Waals surface area contributed by atoms with Gasteiger partial charge in [0.1, 0.15) is 10.0 Å². The Hall–Kier alpha value is -1.86. The van der Waals surface area contributed by atoms with Crippen molar-refractivity contribution in [2.24, 2.45) is 5.92 Å². The van der Waals surface area contributed by atoms with E-state index < -0.39 is 4.92 Å². The fourth-order valence-corrected chi connectivity index (χ4v) is 2.47. The molecule has 6 nitrogen and oxygen atoms in total. The third kappa shape index (κ3) is 3.82. The van der Waals surface area contributed by atoms with Crippen molar-refractivity contribution >= 4 is 17.0 Å². The molecular formula is C13H16N4O2S. The lowest BCUT2D eigenvalue weighted by Gasteiger charge is -2.03. The molecule has 0 bridgehead atoms. The van der Waals surface area contributed by atoms with Crippen molar-refractivity contribution in [3.8, 4) is 10.6 Å². The molecular weight excluding hydrogens is 276 g/mol. The molecule has 0 fully saturated rings. The minimum Gasteiger partial charge on any atom is -0.310 e.